The maximum atomic E-state index is 12.8. The Hall–Kier alpha value is -3.53. The first-order valence-electron chi connectivity index (χ1n) is 7.87. The average Bonchev–Trinajstić information content (AvgIpc) is 3.07. The lowest BCUT2D eigenvalue weighted by Gasteiger charge is -1.96. The summed E-state index contributed by atoms with van der Waals surface area (Å²) in [5.41, 5.74) is 5.44. The minimum atomic E-state index is -0.571. The number of primary amides is 1. The van der Waals surface area contributed by atoms with Crippen LogP contribution in [0.4, 0.5) is 0 Å². The summed E-state index contributed by atoms with van der Waals surface area (Å²) in [6.07, 6.45) is 0. The minimum Gasteiger partial charge on any atom is -0.366 e. The molecule has 0 aliphatic heterocycles. The van der Waals surface area contributed by atoms with Gasteiger partial charge in [-0.2, -0.15) is 0 Å². The molecule has 5 aromatic rings. The van der Waals surface area contributed by atoms with Crippen molar-refractivity contribution < 1.29 is 4.79 Å². The zero-order chi connectivity index (χ0) is 17.3. The Kier molecular flexibility index (Phi) is 2.50. The molecule has 25 heavy (non-hydrogen) atoms. The zero-order valence-corrected chi connectivity index (χ0v) is 13.0. The fourth-order valence-electron chi connectivity index (χ4n) is 3.75. The van der Waals surface area contributed by atoms with Gasteiger partial charge >= 0.3 is 0 Å². The molecule has 0 saturated carbocycles. The van der Waals surface area contributed by atoms with Crippen LogP contribution in [-0.4, -0.2) is 5.91 Å². The molecule has 0 bridgehead atoms. The largest absolute Gasteiger partial charge is 0.366 e. The van der Waals surface area contributed by atoms with Crippen molar-refractivity contribution in [1.29, 1.82) is 0 Å². The first-order chi connectivity index (χ1) is 12.1. The standard InChI is InChI=1S/C21H11NO3/c22-21(25)10-5-6-12-15-9-17-14(8-18(15)20(24)16(12)7-10)11-3-1-2-4-13(11)19(17)23/h1-9H,(H2,22,25). The fraction of sp³-hybridized carbons (Fsp3) is 0. The van der Waals surface area contributed by atoms with E-state index in [1.165, 1.54) is 6.07 Å². The number of hydrogen-bond acceptors (Lipinski definition) is 3. The van der Waals surface area contributed by atoms with Crippen molar-refractivity contribution in [3.8, 4) is 0 Å². The van der Waals surface area contributed by atoms with E-state index in [-0.39, 0.29) is 10.9 Å². The summed E-state index contributed by atoms with van der Waals surface area (Å²) in [7, 11) is 0. The molecular formula is C21H11NO3. The maximum Gasteiger partial charge on any atom is 0.248 e. The number of fused-ring (bicyclic) bond motifs is 6. The Labute approximate surface area is 140 Å². The Morgan fingerprint density at radius 2 is 1.12 bits per heavy atom. The predicted molar refractivity (Wildman–Crippen MR) is 99.9 cm³/mol. The van der Waals surface area contributed by atoms with E-state index in [1.54, 1.807) is 30.3 Å². The second-order valence-electron chi connectivity index (χ2n) is 6.27. The number of carbonyl (C=O) groups excluding carboxylic acids is 1. The molecule has 0 unspecified atom stereocenters. The Morgan fingerprint density at radius 1 is 0.600 bits per heavy atom. The number of benzene rings is 3. The number of carbonyl (C=O) groups is 1. The molecule has 0 atom stereocenters. The van der Waals surface area contributed by atoms with Crippen molar-refractivity contribution in [1.82, 2.24) is 0 Å². The molecule has 0 radical (unpaired) electrons. The maximum absolute atomic E-state index is 12.8. The highest BCUT2D eigenvalue weighted by Crippen LogP contribution is 2.31. The second-order valence-corrected chi connectivity index (χ2v) is 6.27. The van der Waals surface area contributed by atoms with Crippen molar-refractivity contribution in [3.05, 3.63) is 80.6 Å². The number of nitrogens with two attached hydrogens (primary N) is 1. The predicted octanol–water partition coefficient (Wildman–Crippen LogP) is 2.99. The van der Waals surface area contributed by atoms with E-state index in [0.29, 0.717) is 27.1 Å². The highest BCUT2D eigenvalue weighted by molar-refractivity contribution is 6.21. The zero-order valence-electron chi connectivity index (χ0n) is 13.0. The highest BCUT2D eigenvalue weighted by Gasteiger charge is 2.16. The van der Waals surface area contributed by atoms with Crippen LogP contribution >= 0.6 is 0 Å². The van der Waals surface area contributed by atoms with Gasteiger partial charge < -0.3 is 5.73 Å². The summed E-state index contributed by atoms with van der Waals surface area (Å²) in [6, 6.07) is 15.8. The SMILES string of the molecule is NC(=O)c1ccc2c(c1)c(=O)c1cc3c(cc12)c(=O)c1ccccc13. The normalized spacial score (nSPS) is 11.8. The number of hydrogen-bond donors (Lipinski definition) is 1. The molecule has 0 heterocycles. The molecule has 0 aromatic heterocycles. The first kappa shape index (κ1) is 13.9. The van der Waals surface area contributed by atoms with E-state index in [4.69, 9.17) is 5.73 Å². The quantitative estimate of drug-likeness (QED) is 0.515. The molecule has 0 fully saturated rings. The fourth-order valence-corrected chi connectivity index (χ4v) is 3.75. The van der Waals surface area contributed by atoms with Crippen molar-refractivity contribution in [2.24, 2.45) is 5.73 Å². The third-order valence-electron chi connectivity index (χ3n) is 4.95. The number of rotatable bonds is 1. The van der Waals surface area contributed by atoms with Crippen LogP contribution in [0.15, 0.2) is 64.2 Å². The summed E-state index contributed by atoms with van der Waals surface area (Å²) >= 11 is 0. The lowest BCUT2D eigenvalue weighted by molar-refractivity contribution is 0.100. The summed E-state index contributed by atoms with van der Waals surface area (Å²) in [4.78, 5) is 36.9. The van der Waals surface area contributed by atoms with Gasteiger partial charge in [0.2, 0.25) is 5.91 Å². The molecule has 4 heteroatoms. The van der Waals surface area contributed by atoms with E-state index < -0.39 is 5.91 Å². The monoisotopic (exact) mass is 325 g/mol. The van der Waals surface area contributed by atoms with Crippen molar-refractivity contribution in [2.45, 2.75) is 0 Å². The molecule has 0 spiro atoms. The van der Waals surface area contributed by atoms with Crippen molar-refractivity contribution >= 4 is 49.0 Å². The summed E-state index contributed by atoms with van der Waals surface area (Å²) < 4.78 is 0. The third kappa shape index (κ3) is 1.68. The van der Waals surface area contributed by atoms with Crippen LogP contribution in [0.1, 0.15) is 10.4 Å². The highest BCUT2D eigenvalue weighted by atomic mass is 16.1. The minimum absolute atomic E-state index is 0.0249. The van der Waals surface area contributed by atoms with Gasteiger partial charge in [0.25, 0.3) is 0 Å². The molecule has 5 aromatic carbocycles. The van der Waals surface area contributed by atoms with E-state index >= 15 is 0 Å². The molecule has 118 valence electrons. The van der Waals surface area contributed by atoms with Gasteiger partial charge in [-0.3, -0.25) is 14.4 Å². The molecule has 0 aliphatic rings. The van der Waals surface area contributed by atoms with Crippen LogP contribution in [-0.2, 0) is 0 Å². The van der Waals surface area contributed by atoms with Crippen molar-refractivity contribution in [3.63, 3.8) is 0 Å². The Morgan fingerprint density at radius 3 is 1.76 bits per heavy atom. The summed E-state index contributed by atoms with van der Waals surface area (Å²) in [6.45, 7) is 0. The van der Waals surface area contributed by atoms with Gasteiger partial charge in [0.1, 0.15) is 0 Å². The van der Waals surface area contributed by atoms with Crippen molar-refractivity contribution in [2.75, 3.05) is 0 Å². The van der Waals surface area contributed by atoms with Crippen LogP contribution in [0.25, 0.3) is 43.1 Å². The average molecular weight is 325 g/mol. The van der Waals surface area contributed by atoms with Gasteiger partial charge in [0.15, 0.2) is 10.9 Å². The molecule has 4 nitrogen and oxygen atoms in total. The first-order valence-corrected chi connectivity index (χ1v) is 7.87. The van der Waals surface area contributed by atoms with Gasteiger partial charge in [-0.05, 0) is 45.8 Å². The number of amides is 1. The van der Waals surface area contributed by atoms with E-state index in [9.17, 15) is 14.4 Å². The Bertz CT molecular complexity index is 1450. The van der Waals surface area contributed by atoms with Gasteiger partial charge in [-0.15, -0.1) is 0 Å². The second kappa shape index (κ2) is 4.51. The lowest BCUT2D eigenvalue weighted by Crippen LogP contribution is -2.10. The molecule has 0 saturated heterocycles. The van der Waals surface area contributed by atoms with E-state index in [0.717, 1.165) is 21.5 Å². The summed E-state index contributed by atoms with van der Waals surface area (Å²) in [5.74, 6) is -0.571. The molecular weight excluding hydrogens is 314 g/mol. The van der Waals surface area contributed by atoms with Gasteiger partial charge in [-0.25, -0.2) is 0 Å². The van der Waals surface area contributed by atoms with Crippen LogP contribution in [0.3, 0.4) is 0 Å². The third-order valence-corrected chi connectivity index (χ3v) is 4.95. The molecule has 1 amide bonds. The van der Waals surface area contributed by atoms with Gasteiger partial charge in [-0.1, -0.05) is 30.3 Å². The molecule has 2 N–H and O–H groups in total. The van der Waals surface area contributed by atoms with Crippen LogP contribution in [0.2, 0.25) is 0 Å². The Balaban J connectivity index is 2.03. The lowest BCUT2D eigenvalue weighted by atomic mass is 10.1. The van der Waals surface area contributed by atoms with E-state index in [2.05, 4.69) is 0 Å². The van der Waals surface area contributed by atoms with Crippen LogP contribution in [0.5, 0.6) is 0 Å². The topological polar surface area (TPSA) is 77.2 Å². The van der Waals surface area contributed by atoms with Crippen LogP contribution < -0.4 is 16.6 Å². The molecule has 5 rings (SSSR count). The summed E-state index contributed by atoms with van der Waals surface area (Å²) in [5, 5.41) is 5.39. The molecule has 0 aliphatic carbocycles. The van der Waals surface area contributed by atoms with Crippen LogP contribution in [0, 0.1) is 0 Å². The smallest absolute Gasteiger partial charge is 0.248 e. The van der Waals surface area contributed by atoms with Gasteiger partial charge in [0.05, 0.1) is 0 Å². The van der Waals surface area contributed by atoms with E-state index in [1.807, 2.05) is 18.2 Å². The van der Waals surface area contributed by atoms with Gasteiger partial charge in [0, 0.05) is 27.1 Å².